The number of carbonyl (C=O) groups excluding carboxylic acids is 1. The van der Waals surface area contributed by atoms with Crippen molar-refractivity contribution in [1.29, 1.82) is 0 Å². The van der Waals surface area contributed by atoms with Gasteiger partial charge in [-0.25, -0.2) is 19.3 Å². The van der Waals surface area contributed by atoms with Crippen LogP contribution in [0.3, 0.4) is 0 Å². The summed E-state index contributed by atoms with van der Waals surface area (Å²) in [5.41, 5.74) is 2.86. The minimum atomic E-state index is -1.04. The van der Waals surface area contributed by atoms with Gasteiger partial charge in [-0.1, -0.05) is 49.4 Å². The number of carboxylic acids is 1. The number of anilines is 2. The lowest BCUT2D eigenvalue weighted by molar-refractivity contribution is 0.0252. The first-order valence-electron chi connectivity index (χ1n) is 14.3. The maximum absolute atomic E-state index is 13.4. The van der Waals surface area contributed by atoms with E-state index in [2.05, 4.69) is 37.9 Å². The molecule has 3 aliphatic heterocycles. The standard InChI is InChI=1S/C25H29N7O3.C6H6/c1-15-8-10-29(12-15)17-11-16(2)23-27-22(28-32(23)13-17)24(33)31-14-20-19(31)6-4-9-30(20)21-7-3-5-18(26-21)25(34)35;1-2-4-6-5-3-1/h3,5,7,11,13,15,19-20H,4,6,8-10,12,14H2,1-2H3,(H,34,35);1-6H. The van der Waals surface area contributed by atoms with E-state index in [4.69, 9.17) is 0 Å². The van der Waals surface area contributed by atoms with Crippen LogP contribution in [-0.4, -0.2) is 79.7 Å². The van der Waals surface area contributed by atoms with Crippen molar-refractivity contribution in [2.45, 2.75) is 45.2 Å². The summed E-state index contributed by atoms with van der Waals surface area (Å²) in [4.78, 5) is 40.0. The molecule has 6 heterocycles. The highest BCUT2D eigenvalue weighted by Gasteiger charge is 2.48. The number of benzene rings is 1. The minimum Gasteiger partial charge on any atom is -0.477 e. The molecule has 0 spiro atoms. The molecule has 3 saturated heterocycles. The third-order valence-electron chi connectivity index (χ3n) is 8.29. The minimum absolute atomic E-state index is 0.0314. The number of carbonyl (C=O) groups is 2. The van der Waals surface area contributed by atoms with Gasteiger partial charge < -0.3 is 19.8 Å². The predicted molar refractivity (Wildman–Crippen MR) is 157 cm³/mol. The zero-order valence-electron chi connectivity index (χ0n) is 23.4. The van der Waals surface area contributed by atoms with Gasteiger partial charge >= 0.3 is 5.97 Å². The highest BCUT2D eigenvalue weighted by Crippen LogP contribution is 2.35. The first-order valence-corrected chi connectivity index (χ1v) is 14.3. The number of piperidine rings is 1. The van der Waals surface area contributed by atoms with E-state index in [9.17, 15) is 14.7 Å². The normalized spacial score (nSPS) is 21.6. The molecule has 41 heavy (non-hydrogen) atoms. The fourth-order valence-electron chi connectivity index (χ4n) is 6.12. The van der Waals surface area contributed by atoms with Crippen molar-refractivity contribution < 1.29 is 14.7 Å². The van der Waals surface area contributed by atoms with Crippen LogP contribution in [0.5, 0.6) is 0 Å². The van der Waals surface area contributed by atoms with E-state index in [-0.39, 0.29) is 29.5 Å². The third-order valence-corrected chi connectivity index (χ3v) is 8.29. The number of hydrogen-bond acceptors (Lipinski definition) is 7. The van der Waals surface area contributed by atoms with Crippen molar-refractivity contribution in [3.63, 3.8) is 0 Å². The second-order valence-corrected chi connectivity index (χ2v) is 11.2. The van der Waals surface area contributed by atoms with E-state index in [0.717, 1.165) is 43.7 Å². The Balaban J connectivity index is 0.000000449. The first-order chi connectivity index (χ1) is 19.9. The zero-order chi connectivity index (χ0) is 28.5. The molecule has 1 amide bonds. The zero-order valence-corrected chi connectivity index (χ0v) is 23.4. The number of fused-ring (bicyclic) bond motifs is 2. The lowest BCUT2D eigenvalue weighted by Crippen LogP contribution is -2.70. The van der Waals surface area contributed by atoms with Gasteiger partial charge in [0.1, 0.15) is 5.82 Å². The largest absolute Gasteiger partial charge is 0.477 e. The van der Waals surface area contributed by atoms with Crippen molar-refractivity contribution in [2.75, 3.05) is 36.0 Å². The lowest BCUT2D eigenvalue weighted by Gasteiger charge is -2.55. The molecule has 212 valence electrons. The van der Waals surface area contributed by atoms with E-state index < -0.39 is 5.97 Å². The maximum atomic E-state index is 13.4. The molecule has 0 saturated carbocycles. The molecule has 1 N–H and O–H groups in total. The van der Waals surface area contributed by atoms with Crippen LogP contribution in [0.1, 0.15) is 52.9 Å². The number of pyridine rings is 2. The molecule has 10 heteroatoms. The van der Waals surface area contributed by atoms with Crippen molar-refractivity contribution in [3.8, 4) is 0 Å². The number of likely N-dealkylation sites (tertiary alicyclic amines) is 1. The van der Waals surface area contributed by atoms with Crippen LogP contribution in [0.2, 0.25) is 0 Å². The number of aromatic nitrogens is 4. The summed E-state index contributed by atoms with van der Waals surface area (Å²) in [6, 6.07) is 19.3. The Morgan fingerprint density at radius 3 is 2.37 bits per heavy atom. The number of amides is 1. The van der Waals surface area contributed by atoms with Crippen LogP contribution in [0.25, 0.3) is 5.65 Å². The lowest BCUT2D eigenvalue weighted by atomic mass is 9.86. The van der Waals surface area contributed by atoms with Gasteiger partial charge in [0.25, 0.3) is 5.91 Å². The summed E-state index contributed by atoms with van der Waals surface area (Å²) < 4.78 is 1.74. The van der Waals surface area contributed by atoms with Crippen LogP contribution in [0.15, 0.2) is 66.9 Å². The number of aromatic carboxylic acids is 1. The van der Waals surface area contributed by atoms with E-state index in [1.54, 1.807) is 10.6 Å². The second-order valence-electron chi connectivity index (χ2n) is 11.2. The molecule has 0 aliphatic carbocycles. The van der Waals surface area contributed by atoms with Gasteiger partial charge in [-0.15, -0.1) is 5.10 Å². The average Bonchev–Trinajstić information content (AvgIpc) is 3.62. The number of rotatable bonds is 4. The topological polar surface area (TPSA) is 107 Å². The maximum Gasteiger partial charge on any atom is 0.354 e. The Kier molecular flexibility index (Phi) is 7.30. The van der Waals surface area contributed by atoms with Crippen molar-refractivity contribution in [2.24, 2.45) is 5.92 Å². The summed E-state index contributed by atoms with van der Waals surface area (Å²) in [7, 11) is 0. The summed E-state index contributed by atoms with van der Waals surface area (Å²) in [5, 5.41) is 13.9. The molecule has 7 rings (SSSR count). The van der Waals surface area contributed by atoms with Crippen LogP contribution in [0.4, 0.5) is 11.5 Å². The van der Waals surface area contributed by atoms with Crippen LogP contribution in [0, 0.1) is 12.8 Å². The number of nitrogens with zero attached hydrogens (tertiary/aromatic N) is 7. The highest BCUT2D eigenvalue weighted by molar-refractivity contribution is 5.92. The molecular weight excluding hydrogens is 518 g/mol. The monoisotopic (exact) mass is 553 g/mol. The molecule has 10 nitrogen and oxygen atoms in total. The quantitative estimate of drug-likeness (QED) is 0.402. The number of aryl methyl sites for hydroxylation is 1. The smallest absolute Gasteiger partial charge is 0.354 e. The number of carboxylic acid groups (broad SMARTS) is 1. The van der Waals surface area contributed by atoms with Gasteiger partial charge in [-0.3, -0.25) is 4.79 Å². The van der Waals surface area contributed by atoms with Gasteiger partial charge in [0.05, 0.1) is 24.0 Å². The Hall–Kier alpha value is -4.47. The predicted octanol–water partition coefficient (Wildman–Crippen LogP) is 4.16. The Labute approximate surface area is 239 Å². The van der Waals surface area contributed by atoms with Gasteiger partial charge in [0.15, 0.2) is 11.3 Å². The van der Waals surface area contributed by atoms with E-state index in [0.29, 0.717) is 23.9 Å². The van der Waals surface area contributed by atoms with Crippen molar-refractivity contribution in [1.82, 2.24) is 24.5 Å². The molecule has 3 aliphatic rings. The third kappa shape index (κ3) is 5.33. The molecule has 0 bridgehead atoms. The van der Waals surface area contributed by atoms with Gasteiger partial charge in [0.2, 0.25) is 5.82 Å². The summed E-state index contributed by atoms with van der Waals surface area (Å²) >= 11 is 0. The molecule has 3 aromatic heterocycles. The van der Waals surface area contributed by atoms with E-state index in [1.807, 2.05) is 60.5 Å². The Morgan fingerprint density at radius 2 is 1.68 bits per heavy atom. The van der Waals surface area contributed by atoms with Crippen LogP contribution in [-0.2, 0) is 0 Å². The molecule has 3 fully saturated rings. The van der Waals surface area contributed by atoms with Crippen LogP contribution < -0.4 is 9.80 Å². The Bertz CT molecular complexity index is 1530. The van der Waals surface area contributed by atoms with Crippen molar-refractivity contribution in [3.05, 3.63) is 83.9 Å². The first kappa shape index (κ1) is 26.7. The molecule has 0 radical (unpaired) electrons. The second kappa shape index (κ2) is 11.2. The Morgan fingerprint density at radius 1 is 0.927 bits per heavy atom. The number of hydrogen-bond donors (Lipinski definition) is 1. The molecule has 1 aromatic carbocycles. The molecular formula is C31H35N7O3. The summed E-state index contributed by atoms with van der Waals surface area (Å²) in [6.07, 6.45) is 4.96. The van der Waals surface area contributed by atoms with Gasteiger partial charge in [0, 0.05) is 26.2 Å². The van der Waals surface area contributed by atoms with Gasteiger partial charge in [-0.05, 0) is 55.9 Å². The van der Waals surface area contributed by atoms with E-state index >= 15 is 0 Å². The van der Waals surface area contributed by atoms with Crippen molar-refractivity contribution >= 4 is 29.0 Å². The molecule has 3 unspecified atom stereocenters. The van der Waals surface area contributed by atoms with Crippen LogP contribution >= 0.6 is 0 Å². The SMILES string of the molecule is Cc1cc(N2CCC(C)C2)cn2nc(C(=O)N3CC4C3CCCN4c3cccc(C(=O)O)n3)nc12.c1ccccc1. The van der Waals surface area contributed by atoms with Gasteiger partial charge in [-0.2, -0.15) is 0 Å². The summed E-state index contributed by atoms with van der Waals surface area (Å²) in [6.45, 7) is 7.69. The summed E-state index contributed by atoms with van der Waals surface area (Å²) in [5.74, 6) is 0.356. The molecule has 4 aromatic rings. The highest BCUT2D eigenvalue weighted by atomic mass is 16.4. The van der Waals surface area contributed by atoms with E-state index in [1.165, 1.54) is 12.5 Å². The fourth-order valence-corrected chi connectivity index (χ4v) is 6.12. The average molecular weight is 554 g/mol. The fraction of sp³-hybridized carbons (Fsp3) is 0.387. The molecule has 3 atom stereocenters.